The van der Waals surface area contributed by atoms with Crippen molar-refractivity contribution >= 4 is 23.4 Å². The molecule has 0 saturated carbocycles. The molecule has 0 spiro atoms. The summed E-state index contributed by atoms with van der Waals surface area (Å²) in [4.78, 5) is 31.0. The molecule has 0 saturated heterocycles. The van der Waals surface area contributed by atoms with E-state index in [-0.39, 0.29) is 5.56 Å². The molecule has 0 amide bonds. The Morgan fingerprint density at radius 2 is 1.97 bits per heavy atom. The van der Waals surface area contributed by atoms with E-state index >= 15 is 0 Å². The summed E-state index contributed by atoms with van der Waals surface area (Å²) in [6.07, 6.45) is 3.69. The Balaban J connectivity index is 2.00. The van der Waals surface area contributed by atoms with Crippen molar-refractivity contribution in [2.75, 3.05) is 7.11 Å². The van der Waals surface area contributed by atoms with Gasteiger partial charge in [0, 0.05) is 18.8 Å². The molecule has 0 aliphatic carbocycles. The van der Waals surface area contributed by atoms with Crippen LogP contribution in [-0.2, 0) is 16.6 Å². The van der Waals surface area contributed by atoms with Crippen LogP contribution in [0.25, 0.3) is 6.08 Å². The van der Waals surface area contributed by atoms with E-state index in [1.165, 1.54) is 18.4 Å². The van der Waals surface area contributed by atoms with Gasteiger partial charge in [-0.1, -0.05) is 41.7 Å². The van der Waals surface area contributed by atoms with Crippen molar-refractivity contribution in [3.8, 4) is 0 Å². The normalized spacial score (nSPS) is 16.6. The summed E-state index contributed by atoms with van der Waals surface area (Å²) in [6, 6.07) is 8.87. The highest BCUT2D eigenvalue weighted by Crippen LogP contribution is 2.30. The van der Waals surface area contributed by atoms with Crippen LogP contribution in [0.3, 0.4) is 0 Å². The lowest BCUT2D eigenvalue weighted by molar-refractivity contribution is -0.136. The molecule has 1 aliphatic rings. The molecule has 3 aromatic rings. The maximum Gasteiger partial charge on any atom is 0.338 e. The molecule has 1 aromatic carbocycles. The fourth-order valence-electron chi connectivity index (χ4n) is 3.54. The van der Waals surface area contributed by atoms with Crippen molar-refractivity contribution < 1.29 is 9.53 Å². The van der Waals surface area contributed by atoms with Crippen LogP contribution in [0.2, 0.25) is 0 Å². The van der Waals surface area contributed by atoms with Crippen LogP contribution in [0, 0.1) is 6.92 Å². The molecule has 1 unspecified atom stereocenters. The molecular formula is C21H20N4O3S. The Morgan fingerprint density at radius 3 is 2.59 bits per heavy atom. The Labute approximate surface area is 170 Å². The second-order valence-electron chi connectivity index (χ2n) is 6.83. The minimum Gasteiger partial charge on any atom is -0.466 e. The zero-order valence-electron chi connectivity index (χ0n) is 16.5. The monoisotopic (exact) mass is 408 g/mol. The number of esters is 1. The molecule has 7 nitrogen and oxygen atoms in total. The largest absolute Gasteiger partial charge is 0.466 e. The van der Waals surface area contributed by atoms with Gasteiger partial charge >= 0.3 is 5.97 Å². The quantitative estimate of drug-likeness (QED) is 0.615. The number of ether oxygens (including phenoxy) is 1. The maximum atomic E-state index is 13.4. The van der Waals surface area contributed by atoms with E-state index in [2.05, 4.69) is 10.1 Å². The van der Waals surface area contributed by atoms with Gasteiger partial charge in [0.15, 0.2) is 4.80 Å². The Morgan fingerprint density at radius 1 is 1.24 bits per heavy atom. The van der Waals surface area contributed by atoms with E-state index in [9.17, 15) is 9.59 Å². The number of thiazole rings is 1. The van der Waals surface area contributed by atoms with E-state index in [1.807, 2.05) is 56.6 Å². The van der Waals surface area contributed by atoms with Crippen LogP contribution in [0.4, 0.5) is 0 Å². The van der Waals surface area contributed by atoms with E-state index < -0.39 is 12.0 Å². The number of nitrogens with zero attached hydrogens (tertiary/aromatic N) is 4. The molecule has 0 bridgehead atoms. The standard InChI is InChI=1S/C21H20N4O3S/c1-12-15(11-24(3)23-12)10-16-19(26)25-18(14-8-6-5-7-9-14)17(20(27)28-4)13(2)22-21(25)29-16/h5-11,18H,1-4H3. The average Bonchev–Trinajstić information content (AvgIpc) is 3.19. The van der Waals surface area contributed by atoms with Crippen LogP contribution >= 0.6 is 11.3 Å². The van der Waals surface area contributed by atoms with Gasteiger partial charge < -0.3 is 4.74 Å². The van der Waals surface area contributed by atoms with Crippen LogP contribution in [0.5, 0.6) is 0 Å². The molecule has 148 valence electrons. The van der Waals surface area contributed by atoms with E-state index in [1.54, 1.807) is 16.2 Å². The van der Waals surface area contributed by atoms with Gasteiger partial charge in [-0.25, -0.2) is 9.79 Å². The highest BCUT2D eigenvalue weighted by atomic mass is 32.1. The number of rotatable bonds is 3. The van der Waals surface area contributed by atoms with Gasteiger partial charge in [0.05, 0.1) is 34.6 Å². The van der Waals surface area contributed by atoms with Crippen LogP contribution in [0.1, 0.15) is 29.8 Å². The summed E-state index contributed by atoms with van der Waals surface area (Å²) in [7, 11) is 3.17. The summed E-state index contributed by atoms with van der Waals surface area (Å²) in [5.41, 5.74) is 3.26. The minimum absolute atomic E-state index is 0.195. The Kier molecular flexibility index (Phi) is 4.79. The number of allylic oxidation sites excluding steroid dienone is 1. The first-order chi connectivity index (χ1) is 13.9. The first kappa shape index (κ1) is 19.1. The minimum atomic E-state index is -0.586. The molecular weight excluding hydrogens is 388 g/mol. The van der Waals surface area contributed by atoms with E-state index in [4.69, 9.17) is 4.74 Å². The molecule has 4 rings (SSSR count). The fraction of sp³-hybridized carbons (Fsp3) is 0.238. The number of methoxy groups -OCH3 is 1. The molecule has 1 atom stereocenters. The fourth-order valence-corrected chi connectivity index (χ4v) is 4.58. The highest BCUT2D eigenvalue weighted by Gasteiger charge is 2.32. The molecule has 1 aliphatic heterocycles. The first-order valence-electron chi connectivity index (χ1n) is 9.06. The smallest absolute Gasteiger partial charge is 0.338 e. The maximum absolute atomic E-state index is 13.4. The first-order valence-corrected chi connectivity index (χ1v) is 9.88. The van der Waals surface area contributed by atoms with Crippen molar-refractivity contribution in [3.05, 3.63) is 84.3 Å². The van der Waals surface area contributed by atoms with Gasteiger partial charge in [0.2, 0.25) is 0 Å². The molecule has 0 fully saturated rings. The molecule has 0 radical (unpaired) electrons. The number of hydrogen-bond acceptors (Lipinski definition) is 6. The predicted molar refractivity (Wildman–Crippen MR) is 110 cm³/mol. The lowest BCUT2D eigenvalue weighted by Gasteiger charge is -2.24. The van der Waals surface area contributed by atoms with Gasteiger partial charge in [-0.05, 0) is 25.5 Å². The van der Waals surface area contributed by atoms with Gasteiger partial charge in [-0.2, -0.15) is 5.10 Å². The highest BCUT2D eigenvalue weighted by molar-refractivity contribution is 7.07. The predicted octanol–water partition coefficient (Wildman–Crippen LogP) is 1.45. The zero-order chi connectivity index (χ0) is 20.7. The van der Waals surface area contributed by atoms with Crippen LogP contribution in [0.15, 0.2) is 57.6 Å². The number of benzene rings is 1. The summed E-state index contributed by atoms with van der Waals surface area (Å²) >= 11 is 1.30. The lowest BCUT2D eigenvalue weighted by atomic mass is 9.96. The Hall–Kier alpha value is -3.26. The third-order valence-electron chi connectivity index (χ3n) is 4.88. The van der Waals surface area contributed by atoms with E-state index in [0.29, 0.717) is 20.6 Å². The zero-order valence-corrected chi connectivity index (χ0v) is 17.4. The molecule has 2 aromatic heterocycles. The average molecular weight is 408 g/mol. The van der Waals surface area contributed by atoms with Gasteiger partial charge in [-0.15, -0.1) is 0 Å². The summed E-state index contributed by atoms with van der Waals surface area (Å²) in [5.74, 6) is -0.488. The van der Waals surface area contributed by atoms with Crippen molar-refractivity contribution in [2.45, 2.75) is 19.9 Å². The van der Waals surface area contributed by atoms with E-state index in [0.717, 1.165) is 16.8 Å². The summed E-state index contributed by atoms with van der Waals surface area (Å²) in [6.45, 7) is 3.67. The topological polar surface area (TPSA) is 78.5 Å². The molecule has 29 heavy (non-hydrogen) atoms. The number of hydrogen-bond donors (Lipinski definition) is 0. The van der Waals surface area contributed by atoms with Gasteiger partial charge in [-0.3, -0.25) is 14.0 Å². The van der Waals surface area contributed by atoms with Crippen molar-refractivity contribution in [1.29, 1.82) is 0 Å². The van der Waals surface area contributed by atoms with Crippen LogP contribution in [-0.4, -0.2) is 27.4 Å². The number of carbonyl (C=O) groups is 1. The number of carbonyl (C=O) groups excluding carboxylic acids is 1. The number of fused-ring (bicyclic) bond motifs is 1. The molecule has 3 heterocycles. The van der Waals surface area contributed by atoms with Crippen molar-refractivity contribution in [3.63, 3.8) is 0 Å². The number of aromatic nitrogens is 3. The molecule has 0 N–H and O–H groups in total. The van der Waals surface area contributed by atoms with Crippen molar-refractivity contribution in [2.24, 2.45) is 12.0 Å². The van der Waals surface area contributed by atoms with Gasteiger partial charge in [0.25, 0.3) is 5.56 Å². The Bertz CT molecular complexity index is 1310. The second-order valence-corrected chi connectivity index (χ2v) is 7.84. The van der Waals surface area contributed by atoms with Crippen LogP contribution < -0.4 is 14.9 Å². The third kappa shape index (κ3) is 3.25. The third-order valence-corrected chi connectivity index (χ3v) is 5.86. The summed E-state index contributed by atoms with van der Waals surface area (Å²) in [5, 5.41) is 4.33. The second kappa shape index (κ2) is 7.29. The lowest BCUT2D eigenvalue weighted by Crippen LogP contribution is -2.39. The number of aryl methyl sites for hydroxylation is 2. The summed E-state index contributed by atoms with van der Waals surface area (Å²) < 4.78 is 8.83. The van der Waals surface area contributed by atoms with Gasteiger partial charge in [0.1, 0.15) is 0 Å². The molecule has 8 heteroatoms. The SMILES string of the molecule is COC(=O)C1=C(C)N=c2sc(=Cc3cn(C)nc3C)c(=O)n2C1c1ccccc1. The van der Waals surface area contributed by atoms with Crippen molar-refractivity contribution in [1.82, 2.24) is 14.3 Å².